The normalized spacial score (nSPS) is 32.6. The van der Waals surface area contributed by atoms with Gasteiger partial charge in [0.2, 0.25) is 0 Å². The van der Waals surface area contributed by atoms with E-state index in [-0.39, 0.29) is 5.54 Å². The molecule has 0 aromatic rings. The molecular weight excluding hydrogens is 288 g/mol. The Morgan fingerprint density at radius 3 is 2.78 bits per heavy atom. The Bertz CT molecular complexity index is 398. The largest absolute Gasteiger partial charge is 0.384 e. The Labute approximate surface area is 142 Å². The summed E-state index contributed by atoms with van der Waals surface area (Å²) >= 11 is 0. The fourth-order valence-corrected chi connectivity index (χ4v) is 4.33. The first kappa shape index (κ1) is 18.5. The number of likely N-dealkylation sites (N-methyl/N-ethyl adjacent to an activating group) is 1. The maximum absolute atomic E-state index is 5.31. The monoisotopic (exact) mass is 324 g/mol. The van der Waals surface area contributed by atoms with E-state index in [1.54, 1.807) is 7.11 Å². The van der Waals surface area contributed by atoms with Gasteiger partial charge >= 0.3 is 0 Å². The molecule has 23 heavy (non-hydrogen) atoms. The summed E-state index contributed by atoms with van der Waals surface area (Å²) in [6.45, 7) is 6.37. The van der Waals surface area contributed by atoms with Gasteiger partial charge in [-0.05, 0) is 39.3 Å². The molecule has 3 atom stereocenters. The minimum Gasteiger partial charge on any atom is -0.384 e. The number of guanidine groups is 1. The smallest absolute Gasteiger partial charge is 0.193 e. The summed E-state index contributed by atoms with van der Waals surface area (Å²) in [7, 11) is 8.15. The van der Waals surface area contributed by atoms with Gasteiger partial charge in [0.05, 0.1) is 6.61 Å². The van der Waals surface area contributed by atoms with Crippen molar-refractivity contribution in [3.05, 3.63) is 0 Å². The Morgan fingerprint density at radius 1 is 1.39 bits per heavy atom. The van der Waals surface area contributed by atoms with Crippen molar-refractivity contribution in [1.82, 2.24) is 15.1 Å². The highest BCUT2D eigenvalue weighted by atomic mass is 16.5. The molecule has 1 saturated carbocycles. The van der Waals surface area contributed by atoms with Crippen LogP contribution in [-0.4, -0.2) is 75.8 Å². The minimum atomic E-state index is 0.263. The third-order valence-corrected chi connectivity index (χ3v) is 5.79. The van der Waals surface area contributed by atoms with Crippen LogP contribution < -0.4 is 5.32 Å². The van der Waals surface area contributed by atoms with Crippen LogP contribution in [0.4, 0.5) is 0 Å². The highest BCUT2D eigenvalue weighted by Gasteiger charge is 2.37. The second-order valence-electron chi connectivity index (χ2n) is 7.78. The van der Waals surface area contributed by atoms with Crippen molar-refractivity contribution in [2.45, 2.75) is 44.6 Å². The number of methoxy groups -OCH3 is 1. The van der Waals surface area contributed by atoms with Crippen LogP contribution in [0.5, 0.6) is 0 Å². The van der Waals surface area contributed by atoms with Gasteiger partial charge in [-0.3, -0.25) is 4.99 Å². The molecule has 1 aliphatic heterocycles. The molecule has 5 heteroatoms. The number of nitrogens with one attached hydrogen (secondary N) is 1. The first-order valence-electron chi connectivity index (χ1n) is 9.12. The molecule has 0 radical (unpaired) electrons. The summed E-state index contributed by atoms with van der Waals surface area (Å²) in [6.07, 6.45) is 6.45. The molecule has 2 fully saturated rings. The second-order valence-corrected chi connectivity index (χ2v) is 7.78. The molecule has 5 nitrogen and oxygen atoms in total. The first-order chi connectivity index (χ1) is 11.0. The molecule has 0 aromatic heterocycles. The molecule has 1 N–H and O–H groups in total. The zero-order valence-corrected chi connectivity index (χ0v) is 15.8. The average molecular weight is 325 g/mol. The Balaban J connectivity index is 1.94. The molecule has 2 rings (SSSR count). The summed E-state index contributed by atoms with van der Waals surface area (Å²) < 4.78 is 5.31. The molecule has 1 aliphatic carbocycles. The molecule has 0 aromatic carbocycles. The molecule has 2 aliphatic rings. The van der Waals surface area contributed by atoms with Crippen LogP contribution in [0.15, 0.2) is 4.99 Å². The van der Waals surface area contributed by atoms with Crippen LogP contribution in [0, 0.1) is 11.8 Å². The van der Waals surface area contributed by atoms with Crippen molar-refractivity contribution in [2.75, 3.05) is 54.5 Å². The summed E-state index contributed by atoms with van der Waals surface area (Å²) in [4.78, 5) is 9.35. The maximum atomic E-state index is 5.31. The van der Waals surface area contributed by atoms with E-state index in [0.29, 0.717) is 5.92 Å². The number of rotatable bonds is 5. The fourth-order valence-electron chi connectivity index (χ4n) is 4.33. The van der Waals surface area contributed by atoms with Crippen LogP contribution in [0.25, 0.3) is 0 Å². The van der Waals surface area contributed by atoms with Gasteiger partial charge in [0, 0.05) is 45.2 Å². The standard InChI is InChI=1S/C18H36N4O/c1-15-7-6-9-18(11-15,21(3)4)14-20-17(19-2)22-10-8-16(12-22)13-23-5/h15-16H,6-14H2,1-5H3,(H,19,20). The lowest BCUT2D eigenvalue weighted by atomic mass is 9.75. The summed E-state index contributed by atoms with van der Waals surface area (Å²) in [5, 5.41) is 3.68. The lowest BCUT2D eigenvalue weighted by molar-refractivity contribution is 0.0789. The van der Waals surface area contributed by atoms with Crippen molar-refractivity contribution < 1.29 is 4.74 Å². The highest BCUT2D eigenvalue weighted by molar-refractivity contribution is 5.80. The zero-order valence-electron chi connectivity index (χ0n) is 15.8. The van der Waals surface area contributed by atoms with E-state index in [2.05, 4.69) is 41.1 Å². The Morgan fingerprint density at radius 2 is 2.17 bits per heavy atom. The van der Waals surface area contributed by atoms with Crippen molar-refractivity contribution in [2.24, 2.45) is 16.8 Å². The van der Waals surface area contributed by atoms with Gasteiger partial charge in [-0.2, -0.15) is 0 Å². The number of hydrogen-bond acceptors (Lipinski definition) is 3. The predicted octanol–water partition coefficient (Wildman–Crippen LogP) is 2.04. The predicted molar refractivity (Wildman–Crippen MR) is 97.0 cm³/mol. The van der Waals surface area contributed by atoms with Gasteiger partial charge in [0.25, 0.3) is 0 Å². The number of hydrogen-bond donors (Lipinski definition) is 1. The van der Waals surface area contributed by atoms with E-state index in [1.807, 2.05) is 7.05 Å². The van der Waals surface area contributed by atoms with E-state index in [0.717, 1.165) is 38.1 Å². The van der Waals surface area contributed by atoms with Crippen molar-refractivity contribution in [3.63, 3.8) is 0 Å². The van der Waals surface area contributed by atoms with E-state index in [4.69, 9.17) is 4.74 Å². The van der Waals surface area contributed by atoms with Crippen LogP contribution in [-0.2, 0) is 4.74 Å². The second kappa shape index (κ2) is 8.34. The molecule has 1 saturated heterocycles. The summed E-state index contributed by atoms with van der Waals surface area (Å²) in [5.74, 6) is 2.51. The lowest BCUT2D eigenvalue weighted by Crippen LogP contribution is -2.56. The van der Waals surface area contributed by atoms with E-state index < -0.39 is 0 Å². The Kier molecular flexibility index (Phi) is 6.72. The number of likely N-dealkylation sites (tertiary alicyclic amines) is 1. The summed E-state index contributed by atoms with van der Waals surface area (Å²) in [6, 6.07) is 0. The SMILES string of the molecule is CN=C(NCC1(N(C)C)CCCC(C)C1)N1CCC(COC)C1. The maximum Gasteiger partial charge on any atom is 0.193 e. The number of ether oxygens (including phenoxy) is 1. The Hall–Kier alpha value is -0.810. The van der Waals surface area contributed by atoms with Gasteiger partial charge in [-0.25, -0.2) is 0 Å². The van der Waals surface area contributed by atoms with Crippen molar-refractivity contribution in [3.8, 4) is 0 Å². The van der Waals surface area contributed by atoms with Crippen LogP contribution in [0.2, 0.25) is 0 Å². The number of nitrogens with zero attached hydrogens (tertiary/aromatic N) is 3. The molecule has 1 heterocycles. The molecule has 0 amide bonds. The van der Waals surface area contributed by atoms with Crippen LogP contribution >= 0.6 is 0 Å². The van der Waals surface area contributed by atoms with E-state index >= 15 is 0 Å². The summed E-state index contributed by atoms with van der Waals surface area (Å²) in [5.41, 5.74) is 0.263. The van der Waals surface area contributed by atoms with Crippen molar-refractivity contribution in [1.29, 1.82) is 0 Å². The van der Waals surface area contributed by atoms with Crippen LogP contribution in [0.3, 0.4) is 0 Å². The van der Waals surface area contributed by atoms with E-state index in [9.17, 15) is 0 Å². The first-order valence-corrected chi connectivity index (χ1v) is 9.12. The van der Waals surface area contributed by atoms with Gasteiger partial charge in [-0.15, -0.1) is 0 Å². The zero-order chi connectivity index (χ0) is 16.9. The van der Waals surface area contributed by atoms with Gasteiger partial charge in [-0.1, -0.05) is 19.8 Å². The third kappa shape index (κ3) is 4.60. The minimum absolute atomic E-state index is 0.263. The highest BCUT2D eigenvalue weighted by Crippen LogP contribution is 2.35. The number of aliphatic imine (C=N–C) groups is 1. The average Bonchev–Trinajstić information content (AvgIpc) is 2.97. The van der Waals surface area contributed by atoms with Crippen molar-refractivity contribution >= 4 is 5.96 Å². The molecule has 0 bridgehead atoms. The molecule has 0 spiro atoms. The van der Waals surface area contributed by atoms with Gasteiger partial charge in [0.15, 0.2) is 5.96 Å². The van der Waals surface area contributed by atoms with E-state index in [1.165, 1.54) is 32.1 Å². The molecule has 3 unspecified atom stereocenters. The third-order valence-electron chi connectivity index (χ3n) is 5.79. The van der Waals surface area contributed by atoms with Gasteiger partial charge in [0.1, 0.15) is 0 Å². The fraction of sp³-hybridized carbons (Fsp3) is 0.944. The molecule has 134 valence electrons. The lowest BCUT2D eigenvalue weighted by Gasteiger charge is -2.45. The van der Waals surface area contributed by atoms with Gasteiger partial charge < -0.3 is 19.9 Å². The van der Waals surface area contributed by atoms with Crippen LogP contribution in [0.1, 0.15) is 39.0 Å². The quantitative estimate of drug-likeness (QED) is 0.621. The molecular formula is C18H36N4O. The topological polar surface area (TPSA) is 40.1 Å².